The molecule has 0 aliphatic heterocycles. The standard InChI is InChI=1S/C17H16ClN3O2S/c1-11-7-16(21(2)20-11)19-17(22)15-8-12(10-24-15)9-23-14-5-3-13(18)4-6-14/h3-8,10H,9H2,1-2H3,(H,19,22). The van der Waals surface area contributed by atoms with Gasteiger partial charge in [-0.3, -0.25) is 9.48 Å². The Morgan fingerprint density at radius 2 is 2.08 bits per heavy atom. The maximum absolute atomic E-state index is 12.3. The van der Waals surface area contributed by atoms with Crippen LogP contribution in [0.5, 0.6) is 5.75 Å². The number of nitrogens with zero attached hydrogens (tertiary/aromatic N) is 2. The number of nitrogens with one attached hydrogen (secondary N) is 1. The average molecular weight is 362 g/mol. The summed E-state index contributed by atoms with van der Waals surface area (Å²) in [7, 11) is 1.79. The Labute approximate surface area is 148 Å². The van der Waals surface area contributed by atoms with E-state index < -0.39 is 0 Å². The Balaban J connectivity index is 1.61. The predicted molar refractivity (Wildman–Crippen MR) is 96.0 cm³/mol. The van der Waals surface area contributed by atoms with Crippen LogP contribution in [0.25, 0.3) is 0 Å². The van der Waals surface area contributed by atoms with Gasteiger partial charge in [-0.05, 0) is 42.6 Å². The van der Waals surface area contributed by atoms with Gasteiger partial charge in [-0.1, -0.05) is 11.6 Å². The monoisotopic (exact) mass is 361 g/mol. The molecule has 0 spiro atoms. The van der Waals surface area contributed by atoms with Gasteiger partial charge in [-0.2, -0.15) is 5.10 Å². The molecule has 3 rings (SSSR count). The number of aryl methyl sites for hydroxylation is 2. The van der Waals surface area contributed by atoms with Gasteiger partial charge in [-0.15, -0.1) is 11.3 Å². The third-order valence-corrected chi connectivity index (χ3v) is 4.57. The zero-order valence-electron chi connectivity index (χ0n) is 13.2. The number of hydrogen-bond donors (Lipinski definition) is 1. The number of halogens is 1. The summed E-state index contributed by atoms with van der Waals surface area (Å²) in [5, 5.41) is 9.65. The van der Waals surface area contributed by atoms with Crippen LogP contribution in [0.1, 0.15) is 20.9 Å². The van der Waals surface area contributed by atoms with Crippen LogP contribution in [0.4, 0.5) is 5.82 Å². The van der Waals surface area contributed by atoms with Crippen molar-refractivity contribution in [3.8, 4) is 5.75 Å². The number of hydrogen-bond acceptors (Lipinski definition) is 4. The predicted octanol–water partition coefficient (Wildman–Crippen LogP) is 4.27. The zero-order chi connectivity index (χ0) is 17.1. The molecule has 7 heteroatoms. The molecule has 0 atom stereocenters. The van der Waals surface area contributed by atoms with Gasteiger partial charge in [0.1, 0.15) is 18.2 Å². The summed E-state index contributed by atoms with van der Waals surface area (Å²) < 4.78 is 7.33. The third kappa shape index (κ3) is 3.96. The molecule has 1 amide bonds. The minimum Gasteiger partial charge on any atom is -0.489 e. The first-order chi connectivity index (χ1) is 11.5. The number of ether oxygens (including phenoxy) is 1. The first kappa shape index (κ1) is 16.5. The molecule has 0 aliphatic carbocycles. The first-order valence-electron chi connectivity index (χ1n) is 7.29. The molecule has 2 aromatic heterocycles. The van der Waals surface area contributed by atoms with Crippen molar-refractivity contribution in [3.63, 3.8) is 0 Å². The fourth-order valence-electron chi connectivity index (χ4n) is 2.17. The number of rotatable bonds is 5. The summed E-state index contributed by atoms with van der Waals surface area (Å²) in [5.74, 6) is 1.26. The van der Waals surface area contributed by atoms with Crippen molar-refractivity contribution in [1.82, 2.24) is 9.78 Å². The first-order valence-corrected chi connectivity index (χ1v) is 8.55. The minimum atomic E-state index is -0.152. The van der Waals surface area contributed by atoms with E-state index in [1.807, 2.05) is 36.6 Å². The molecule has 1 aromatic carbocycles. The molecule has 0 aliphatic rings. The molecule has 0 saturated heterocycles. The number of carbonyl (C=O) groups excluding carboxylic acids is 1. The van der Waals surface area contributed by atoms with Gasteiger partial charge in [0.05, 0.1) is 10.6 Å². The molecule has 0 radical (unpaired) electrons. The molecule has 3 aromatic rings. The van der Waals surface area contributed by atoms with E-state index >= 15 is 0 Å². The lowest BCUT2D eigenvalue weighted by molar-refractivity contribution is 0.102. The van der Waals surface area contributed by atoms with Gasteiger partial charge in [-0.25, -0.2) is 0 Å². The van der Waals surface area contributed by atoms with Crippen LogP contribution in [0.3, 0.4) is 0 Å². The van der Waals surface area contributed by atoms with Crippen LogP contribution < -0.4 is 10.1 Å². The topological polar surface area (TPSA) is 56.1 Å². The summed E-state index contributed by atoms with van der Waals surface area (Å²) in [4.78, 5) is 12.9. The third-order valence-electron chi connectivity index (χ3n) is 3.34. The van der Waals surface area contributed by atoms with Gasteiger partial charge in [0.15, 0.2) is 0 Å². The minimum absolute atomic E-state index is 0.152. The summed E-state index contributed by atoms with van der Waals surface area (Å²) in [6.07, 6.45) is 0. The van der Waals surface area contributed by atoms with Crippen LogP contribution in [0.2, 0.25) is 5.02 Å². The van der Waals surface area contributed by atoms with Crippen molar-refractivity contribution in [1.29, 1.82) is 0 Å². The molecule has 0 bridgehead atoms. The molecular formula is C17H16ClN3O2S. The van der Waals surface area contributed by atoms with Crippen LogP contribution in [0.15, 0.2) is 41.8 Å². The van der Waals surface area contributed by atoms with Gasteiger partial charge < -0.3 is 10.1 Å². The molecule has 124 valence electrons. The molecule has 1 N–H and O–H groups in total. The highest BCUT2D eigenvalue weighted by Crippen LogP contribution is 2.20. The molecule has 0 saturated carbocycles. The van der Waals surface area contributed by atoms with E-state index in [4.69, 9.17) is 16.3 Å². The van der Waals surface area contributed by atoms with E-state index in [0.29, 0.717) is 22.3 Å². The Hall–Kier alpha value is -2.31. The normalized spacial score (nSPS) is 10.6. The summed E-state index contributed by atoms with van der Waals surface area (Å²) in [6.45, 7) is 2.28. The lowest BCUT2D eigenvalue weighted by atomic mass is 10.3. The van der Waals surface area contributed by atoms with Crippen molar-refractivity contribution in [3.05, 3.63) is 62.9 Å². The maximum atomic E-state index is 12.3. The smallest absolute Gasteiger partial charge is 0.266 e. The molecule has 24 heavy (non-hydrogen) atoms. The molecule has 0 unspecified atom stereocenters. The van der Waals surface area contributed by atoms with Crippen molar-refractivity contribution >= 4 is 34.7 Å². The van der Waals surface area contributed by atoms with E-state index in [-0.39, 0.29) is 5.91 Å². The highest BCUT2D eigenvalue weighted by Gasteiger charge is 2.12. The van der Waals surface area contributed by atoms with Crippen LogP contribution in [0, 0.1) is 6.92 Å². The SMILES string of the molecule is Cc1cc(NC(=O)c2cc(COc3ccc(Cl)cc3)cs2)n(C)n1. The Morgan fingerprint density at radius 1 is 1.33 bits per heavy atom. The fraction of sp³-hybridized carbons (Fsp3) is 0.176. The highest BCUT2D eigenvalue weighted by atomic mass is 35.5. The van der Waals surface area contributed by atoms with Crippen molar-refractivity contribution < 1.29 is 9.53 Å². The lowest BCUT2D eigenvalue weighted by Crippen LogP contribution is -2.13. The Kier molecular flexibility index (Phi) is 4.87. The van der Waals surface area contributed by atoms with Gasteiger partial charge in [0.25, 0.3) is 5.91 Å². The number of aromatic nitrogens is 2. The number of benzene rings is 1. The van der Waals surface area contributed by atoms with E-state index in [1.54, 1.807) is 23.9 Å². The highest BCUT2D eigenvalue weighted by molar-refractivity contribution is 7.12. The molecular weight excluding hydrogens is 346 g/mol. The van der Waals surface area contributed by atoms with Gasteiger partial charge in [0.2, 0.25) is 0 Å². The number of thiophene rings is 1. The Morgan fingerprint density at radius 3 is 2.75 bits per heavy atom. The van der Waals surface area contributed by atoms with Gasteiger partial charge >= 0.3 is 0 Å². The molecule has 0 fully saturated rings. The van der Waals surface area contributed by atoms with E-state index in [1.165, 1.54) is 11.3 Å². The second kappa shape index (κ2) is 7.07. The van der Waals surface area contributed by atoms with E-state index in [2.05, 4.69) is 10.4 Å². The molecule has 2 heterocycles. The lowest BCUT2D eigenvalue weighted by Gasteiger charge is -2.04. The van der Waals surface area contributed by atoms with Crippen molar-refractivity contribution in [2.45, 2.75) is 13.5 Å². The van der Waals surface area contributed by atoms with E-state index in [9.17, 15) is 4.79 Å². The van der Waals surface area contributed by atoms with Crippen LogP contribution in [-0.2, 0) is 13.7 Å². The second-order valence-corrected chi connectivity index (χ2v) is 6.66. The van der Waals surface area contributed by atoms with E-state index in [0.717, 1.165) is 17.0 Å². The number of carbonyl (C=O) groups is 1. The largest absolute Gasteiger partial charge is 0.489 e. The zero-order valence-corrected chi connectivity index (χ0v) is 14.8. The number of anilines is 1. The Bertz CT molecular complexity index is 855. The maximum Gasteiger partial charge on any atom is 0.266 e. The van der Waals surface area contributed by atoms with Crippen LogP contribution in [-0.4, -0.2) is 15.7 Å². The molecule has 5 nitrogen and oxygen atoms in total. The van der Waals surface area contributed by atoms with Crippen LogP contribution >= 0.6 is 22.9 Å². The quantitative estimate of drug-likeness (QED) is 0.738. The summed E-state index contributed by atoms with van der Waals surface area (Å²) in [5.41, 5.74) is 1.80. The number of amides is 1. The fourth-order valence-corrected chi connectivity index (χ4v) is 3.09. The van der Waals surface area contributed by atoms with Gasteiger partial charge in [0, 0.05) is 23.7 Å². The van der Waals surface area contributed by atoms with Crippen molar-refractivity contribution in [2.75, 3.05) is 5.32 Å². The second-order valence-electron chi connectivity index (χ2n) is 5.31. The average Bonchev–Trinajstić information content (AvgIpc) is 3.14. The summed E-state index contributed by atoms with van der Waals surface area (Å²) >= 11 is 7.23. The van der Waals surface area contributed by atoms with Crippen molar-refractivity contribution in [2.24, 2.45) is 7.05 Å². The summed E-state index contributed by atoms with van der Waals surface area (Å²) in [6, 6.07) is 10.8.